The van der Waals surface area contributed by atoms with Crippen LogP contribution in [-0.2, 0) is 24.8 Å². The van der Waals surface area contributed by atoms with Crippen molar-refractivity contribution < 1.29 is 21.6 Å². The molecule has 2 saturated heterocycles. The van der Waals surface area contributed by atoms with Crippen LogP contribution in [0, 0.1) is 0 Å². The van der Waals surface area contributed by atoms with E-state index >= 15 is 0 Å². The number of carbonyl (C=O) groups excluding carboxylic acids is 1. The third-order valence-corrected chi connectivity index (χ3v) is 8.06. The summed E-state index contributed by atoms with van der Waals surface area (Å²) in [5, 5.41) is 21.8. The minimum Gasteiger partial charge on any atom is -0.327 e. The van der Waals surface area contributed by atoms with Crippen molar-refractivity contribution in [3.8, 4) is 11.4 Å². The fraction of sp³-hybridized carbons (Fsp3) is 0.500. The molecule has 1 aromatic carbocycles. The van der Waals surface area contributed by atoms with E-state index in [0.29, 0.717) is 25.9 Å². The number of primary sulfonamides is 1. The molecule has 0 aliphatic carbocycles. The molecule has 4 rings (SSSR count). The number of amides is 1. The van der Waals surface area contributed by atoms with E-state index in [4.69, 9.17) is 10.9 Å². The van der Waals surface area contributed by atoms with Crippen molar-refractivity contribution >= 4 is 31.6 Å². The van der Waals surface area contributed by atoms with Gasteiger partial charge in [-0.1, -0.05) is 0 Å². The highest BCUT2D eigenvalue weighted by Crippen LogP contribution is 2.39. The van der Waals surface area contributed by atoms with E-state index in [1.165, 1.54) is 11.0 Å². The second-order valence-electron chi connectivity index (χ2n) is 7.68. The Bertz CT molecular complexity index is 1220. The first-order valence-corrected chi connectivity index (χ1v) is 12.8. The van der Waals surface area contributed by atoms with Gasteiger partial charge in [0.15, 0.2) is 0 Å². The highest BCUT2D eigenvalue weighted by Gasteiger charge is 2.36. The number of H-pyrrole nitrogens is 1. The second kappa shape index (κ2) is 8.45. The van der Waals surface area contributed by atoms with Crippen LogP contribution in [0.15, 0.2) is 21.9 Å². The maximum absolute atomic E-state index is 13.2. The number of sulfonamides is 2. The molecule has 14 nitrogen and oxygen atoms in total. The van der Waals surface area contributed by atoms with Gasteiger partial charge in [-0.25, -0.2) is 26.7 Å². The van der Waals surface area contributed by atoms with E-state index in [0.717, 1.165) is 6.07 Å². The van der Waals surface area contributed by atoms with Crippen molar-refractivity contribution in [2.75, 3.05) is 24.5 Å². The molecular formula is C16H23N9O5S2. The number of piperidine rings is 1. The lowest BCUT2D eigenvalue weighted by Crippen LogP contribution is -2.44. The first-order chi connectivity index (χ1) is 15.1. The van der Waals surface area contributed by atoms with Gasteiger partial charge in [-0.2, -0.15) is 5.21 Å². The number of tetrazole rings is 1. The standard InChI is InChI=1S/C16H23N9O5S2/c17-9-4-6-25(13(26)7-9)11-1-2-12(32(29,30)22-10-3-5-19-8-10)15(31(18,27)28)14(11)16-20-23-24-21-16/h1-2,9-10,19,22H,3-8,17H2,(H2,18,27,28)(H,20,21,23,24)/t9?,10-/m1/s1. The van der Waals surface area contributed by atoms with Crippen LogP contribution in [0.5, 0.6) is 0 Å². The van der Waals surface area contributed by atoms with Crippen LogP contribution in [0.2, 0.25) is 0 Å². The van der Waals surface area contributed by atoms with Gasteiger partial charge in [-0.3, -0.25) is 4.79 Å². The molecule has 2 aliphatic rings. The molecule has 7 N–H and O–H groups in total. The van der Waals surface area contributed by atoms with E-state index in [1.54, 1.807) is 0 Å². The van der Waals surface area contributed by atoms with E-state index < -0.39 is 35.9 Å². The molecule has 174 valence electrons. The number of aromatic nitrogens is 4. The third kappa shape index (κ3) is 4.37. The van der Waals surface area contributed by atoms with Crippen LogP contribution in [0.25, 0.3) is 11.4 Å². The van der Waals surface area contributed by atoms with E-state index in [1.807, 2.05) is 0 Å². The van der Waals surface area contributed by atoms with Gasteiger partial charge in [-0.05, 0) is 36.7 Å². The fourth-order valence-electron chi connectivity index (χ4n) is 3.91. The molecule has 0 radical (unpaired) electrons. The summed E-state index contributed by atoms with van der Waals surface area (Å²) in [6.45, 7) is 1.23. The first-order valence-electron chi connectivity index (χ1n) is 9.80. The number of nitrogens with two attached hydrogens (primary N) is 2. The Labute approximate surface area is 184 Å². The van der Waals surface area contributed by atoms with Crippen LogP contribution in [0.4, 0.5) is 5.69 Å². The van der Waals surface area contributed by atoms with E-state index in [9.17, 15) is 21.6 Å². The average molecular weight is 486 g/mol. The molecule has 1 aromatic heterocycles. The molecular weight excluding hydrogens is 462 g/mol. The largest absolute Gasteiger partial charge is 0.327 e. The molecule has 2 fully saturated rings. The number of benzene rings is 1. The fourth-order valence-corrected chi connectivity index (χ4v) is 6.77. The van der Waals surface area contributed by atoms with Crippen molar-refractivity contribution in [3.63, 3.8) is 0 Å². The van der Waals surface area contributed by atoms with E-state index in [-0.39, 0.29) is 42.0 Å². The number of nitrogens with one attached hydrogen (secondary N) is 3. The Morgan fingerprint density at radius 2 is 1.97 bits per heavy atom. The van der Waals surface area contributed by atoms with Gasteiger partial charge in [0.05, 0.1) is 11.3 Å². The van der Waals surface area contributed by atoms with Crippen LogP contribution < -0.4 is 25.8 Å². The Kier molecular flexibility index (Phi) is 5.99. The number of anilines is 1. The minimum absolute atomic E-state index is 0.0483. The molecule has 1 amide bonds. The number of aromatic amines is 1. The lowest BCUT2D eigenvalue weighted by molar-refractivity contribution is -0.119. The number of nitrogens with zero attached hydrogens (tertiary/aromatic N) is 4. The summed E-state index contributed by atoms with van der Waals surface area (Å²) in [7, 11) is -8.92. The summed E-state index contributed by atoms with van der Waals surface area (Å²) in [6, 6.07) is 1.72. The zero-order valence-corrected chi connectivity index (χ0v) is 18.5. The predicted molar refractivity (Wildman–Crippen MR) is 112 cm³/mol. The van der Waals surface area contributed by atoms with Crippen molar-refractivity contribution in [1.82, 2.24) is 30.7 Å². The summed E-state index contributed by atoms with van der Waals surface area (Å²) in [5.41, 5.74) is 5.74. The van der Waals surface area contributed by atoms with Crippen LogP contribution in [-0.4, -0.2) is 75.1 Å². The summed E-state index contributed by atoms with van der Waals surface area (Å²) >= 11 is 0. The summed E-state index contributed by atoms with van der Waals surface area (Å²) < 4.78 is 54.2. The zero-order valence-electron chi connectivity index (χ0n) is 16.9. The van der Waals surface area contributed by atoms with Crippen molar-refractivity contribution in [2.24, 2.45) is 10.9 Å². The minimum atomic E-state index is -4.62. The molecule has 16 heteroatoms. The van der Waals surface area contributed by atoms with E-state index in [2.05, 4.69) is 30.7 Å². The van der Waals surface area contributed by atoms with Gasteiger partial charge in [0.2, 0.25) is 31.8 Å². The second-order valence-corrected chi connectivity index (χ2v) is 10.9. The van der Waals surface area contributed by atoms with Gasteiger partial charge in [0.25, 0.3) is 0 Å². The number of rotatable bonds is 6. The van der Waals surface area contributed by atoms with Crippen LogP contribution in [0.3, 0.4) is 0 Å². The average Bonchev–Trinajstić information content (AvgIpc) is 3.40. The number of hydrogen-bond acceptors (Lipinski definition) is 10. The molecule has 1 unspecified atom stereocenters. The molecule has 2 atom stereocenters. The molecule has 3 heterocycles. The monoisotopic (exact) mass is 485 g/mol. The Balaban J connectivity index is 1.94. The topological polar surface area (TPSA) is 219 Å². The Hall–Kier alpha value is -2.50. The summed E-state index contributed by atoms with van der Waals surface area (Å²) in [5.74, 6) is -0.564. The smallest absolute Gasteiger partial charge is 0.242 e. The molecule has 2 aliphatic heterocycles. The van der Waals surface area contributed by atoms with Gasteiger partial charge < -0.3 is 16.0 Å². The number of carbonyl (C=O) groups is 1. The SMILES string of the molecule is NC1CCN(c2ccc(S(=O)(=O)N[C@@H]3CCNC3)c(S(N)(=O)=O)c2-c2nn[nH]n2)C(=O)C1. The van der Waals surface area contributed by atoms with Crippen LogP contribution in [0.1, 0.15) is 19.3 Å². The number of hydrogen-bond donors (Lipinski definition) is 5. The zero-order chi connectivity index (χ0) is 23.1. The van der Waals surface area contributed by atoms with Gasteiger partial charge in [0, 0.05) is 31.6 Å². The highest BCUT2D eigenvalue weighted by atomic mass is 32.2. The van der Waals surface area contributed by atoms with Gasteiger partial charge in [0.1, 0.15) is 9.79 Å². The Morgan fingerprint density at radius 3 is 2.56 bits per heavy atom. The normalized spacial score (nSPS) is 22.4. The lowest BCUT2D eigenvalue weighted by Gasteiger charge is -2.32. The van der Waals surface area contributed by atoms with Gasteiger partial charge >= 0.3 is 0 Å². The Morgan fingerprint density at radius 1 is 1.19 bits per heavy atom. The summed E-state index contributed by atoms with van der Waals surface area (Å²) in [4.78, 5) is 12.7. The molecule has 32 heavy (non-hydrogen) atoms. The molecule has 0 spiro atoms. The first kappa shape index (κ1) is 22.7. The quantitative estimate of drug-likeness (QED) is 0.292. The molecule has 0 saturated carbocycles. The lowest BCUT2D eigenvalue weighted by atomic mass is 10.0. The van der Waals surface area contributed by atoms with Crippen LogP contribution >= 0.6 is 0 Å². The van der Waals surface area contributed by atoms with Crippen molar-refractivity contribution in [3.05, 3.63) is 12.1 Å². The highest BCUT2D eigenvalue weighted by molar-refractivity contribution is 7.92. The predicted octanol–water partition coefficient (Wildman–Crippen LogP) is -2.39. The van der Waals surface area contributed by atoms with Crippen molar-refractivity contribution in [1.29, 1.82) is 0 Å². The maximum atomic E-state index is 13.2. The summed E-state index contributed by atoms with van der Waals surface area (Å²) in [6.07, 6.45) is 1.06. The van der Waals surface area contributed by atoms with Gasteiger partial charge in [-0.15, -0.1) is 10.2 Å². The molecule has 0 bridgehead atoms. The maximum Gasteiger partial charge on any atom is 0.242 e. The third-order valence-electron chi connectivity index (χ3n) is 5.38. The van der Waals surface area contributed by atoms with Crippen molar-refractivity contribution in [2.45, 2.75) is 41.1 Å². The molecule has 2 aromatic rings.